The van der Waals surface area contributed by atoms with Crippen LogP contribution in [0.4, 0.5) is 0 Å². The lowest BCUT2D eigenvalue weighted by Crippen LogP contribution is -2.33. The molecular weight excluding hydrogens is 234 g/mol. The summed E-state index contributed by atoms with van der Waals surface area (Å²) in [5, 5.41) is 14.0. The zero-order valence-corrected chi connectivity index (χ0v) is 13.1. The molecule has 2 heteroatoms. The quantitative estimate of drug-likeness (QED) is 0.733. The van der Waals surface area contributed by atoms with Gasteiger partial charge >= 0.3 is 0 Å². The van der Waals surface area contributed by atoms with Gasteiger partial charge in [-0.2, -0.15) is 0 Å². The summed E-state index contributed by atoms with van der Waals surface area (Å²) in [5.41, 5.74) is 4.72. The molecule has 1 aromatic rings. The normalized spacial score (nSPS) is 14.4. The van der Waals surface area contributed by atoms with Crippen LogP contribution in [-0.4, -0.2) is 17.7 Å². The summed E-state index contributed by atoms with van der Waals surface area (Å²) in [6.45, 7) is 11.5. The molecule has 0 aliphatic carbocycles. The number of aliphatic hydroxyl groups is 1. The second kappa shape index (κ2) is 7.66. The molecule has 0 fully saturated rings. The molecule has 1 rings (SSSR count). The number of hydrogen-bond acceptors (Lipinski definition) is 2. The van der Waals surface area contributed by atoms with Gasteiger partial charge in [-0.25, -0.2) is 0 Å². The van der Waals surface area contributed by atoms with Crippen LogP contribution in [0.2, 0.25) is 0 Å². The van der Waals surface area contributed by atoms with Crippen molar-refractivity contribution in [1.82, 2.24) is 5.32 Å². The van der Waals surface area contributed by atoms with Crippen molar-refractivity contribution in [3.63, 3.8) is 0 Å². The summed E-state index contributed by atoms with van der Waals surface area (Å²) in [4.78, 5) is 0. The molecule has 2 atom stereocenters. The van der Waals surface area contributed by atoms with Gasteiger partial charge in [-0.1, -0.05) is 37.5 Å². The van der Waals surface area contributed by atoms with E-state index < -0.39 is 6.10 Å². The van der Waals surface area contributed by atoms with Crippen LogP contribution in [0.1, 0.15) is 61.5 Å². The first-order valence-electron chi connectivity index (χ1n) is 7.46. The second-order valence-corrected chi connectivity index (χ2v) is 5.71. The molecule has 0 heterocycles. The highest BCUT2D eigenvalue weighted by atomic mass is 16.3. The smallest absolute Gasteiger partial charge is 0.0945 e. The highest BCUT2D eigenvalue weighted by Crippen LogP contribution is 2.25. The summed E-state index contributed by atoms with van der Waals surface area (Å²) in [7, 11) is 0. The summed E-state index contributed by atoms with van der Waals surface area (Å²) >= 11 is 0. The lowest BCUT2D eigenvalue weighted by molar-refractivity contribution is 0.134. The largest absolute Gasteiger partial charge is 0.387 e. The van der Waals surface area contributed by atoms with Gasteiger partial charge in [0.1, 0.15) is 0 Å². The predicted octanol–water partition coefficient (Wildman–Crippen LogP) is 3.81. The highest BCUT2D eigenvalue weighted by Gasteiger charge is 2.19. The Morgan fingerprint density at radius 3 is 2.21 bits per heavy atom. The van der Waals surface area contributed by atoms with Gasteiger partial charge < -0.3 is 10.4 Å². The number of rotatable bonds is 7. The summed E-state index contributed by atoms with van der Waals surface area (Å²) in [6, 6.07) is 4.39. The van der Waals surface area contributed by atoms with Gasteiger partial charge in [-0.3, -0.25) is 0 Å². The van der Waals surface area contributed by atoms with Crippen molar-refractivity contribution >= 4 is 0 Å². The molecule has 0 saturated heterocycles. The van der Waals surface area contributed by atoms with E-state index in [1.165, 1.54) is 36.0 Å². The Hall–Kier alpha value is -0.860. The van der Waals surface area contributed by atoms with Gasteiger partial charge in [-0.05, 0) is 57.4 Å². The Labute approximate surface area is 118 Å². The van der Waals surface area contributed by atoms with E-state index in [9.17, 15) is 5.11 Å². The topological polar surface area (TPSA) is 32.3 Å². The maximum atomic E-state index is 10.5. The molecule has 0 bridgehead atoms. The third kappa shape index (κ3) is 4.63. The Balaban J connectivity index is 2.69. The zero-order chi connectivity index (χ0) is 14.4. The third-order valence-corrected chi connectivity index (χ3v) is 3.75. The molecule has 1 aromatic carbocycles. The van der Waals surface area contributed by atoms with Crippen molar-refractivity contribution in [2.75, 3.05) is 6.54 Å². The Kier molecular flexibility index (Phi) is 6.53. The monoisotopic (exact) mass is 263 g/mol. The van der Waals surface area contributed by atoms with E-state index in [-0.39, 0.29) is 6.04 Å². The van der Waals surface area contributed by atoms with E-state index in [1.54, 1.807) is 0 Å². The molecule has 19 heavy (non-hydrogen) atoms. The SMILES string of the molecule is CCCCCNC(C)C(O)c1c(C)cc(C)cc1C. The first-order chi connectivity index (χ1) is 8.97. The molecule has 0 aliphatic rings. The van der Waals surface area contributed by atoms with E-state index in [0.29, 0.717) is 0 Å². The van der Waals surface area contributed by atoms with Crippen LogP contribution in [0.15, 0.2) is 12.1 Å². The van der Waals surface area contributed by atoms with Crippen molar-refractivity contribution in [2.45, 2.75) is 66.0 Å². The molecule has 0 spiro atoms. The number of benzene rings is 1. The molecule has 0 aromatic heterocycles. The molecule has 2 unspecified atom stereocenters. The van der Waals surface area contributed by atoms with Crippen LogP contribution in [0, 0.1) is 20.8 Å². The molecule has 0 radical (unpaired) electrons. The van der Waals surface area contributed by atoms with Crippen LogP contribution in [0.5, 0.6) is 0 Å². The minimum atomic E-state index is -0.428. The number of hydrogen-bond donors (Lipinski definition) is 2. The molecule has 0 saturated carbocycles. The van der Waals surface area contributed by atoms with Crippen molar-refractivity contribution in [3.8, 4) is 0 Å². The third-order valence-electron chi connectivity index (χ3n) is 3.75. The predicted molar refractivity (Wildman–Crippen MR) is 82.6 cm³/mol. The van der Waals surface area contributed by atoms with Crippen molar-refractivity contribution < 1.29 is 5.11 Å². The number of unbranched alkanes of at least 4 members (excludes halogenated alkanes) is 2. The van der Waals surface area contributed by atoms with Gasteiger partial charge in [0.2, 0.25) is 0 Å². The molecular formula is C17H29NO. The van der Waals surface area contributed by atoms with Gasteiger partial charge in [0.05, 0.1) is 6.10 Å². The molecule has 0 amide bonds. The maximum absolute atomic E-state index is 10.5. The minimum absolute atomic E-state index is 0.0944. The minimum Gasteiger partial charge on any atom is -0.387 e. The van der Waals surface area contributed by atoms with E-state index in [1.807, 2.05) is 0 Å². The fourth-order valence-corrected chi connectivity index (χ4v) is 2.72. The fourth-order valence-electron chi connectivity index (χ4n) is 2.72. The maximum Gasteiger partial charge on any atom is 0.0945 e. The van der Waals surface area contributed by atoms with E-state index in [0.717, 1.165) is 12.1 Å². The van der Waals surface area contributed by atoms with Crippen molar-refractivity contribution in [2.24, 2.45) is 0 Å². The van der Waals surface area contributed by atoms with E-state index in [4.69, 9.17) is 0 Å². The van der Waals surface area contributed by atoms with Gasteiger partial charge in [0, 0.05) is 6.04 Å². The fraction of sp³-hybridized carbons (Fsp3) is 0.647. The van der Waals surface area contributed by atoms with Gasteiger partial charge in [-0.15, -0.1) is 0 Å². The lowest BCUT2D eigenvalue weighted by atomic mass is 9.92. The van der Waals surface area contributed by atoms with Crippen LogP contribution in [0.3, 0.4) is 0 Å². The van der Waals surface area contributed by atoms with Gasteiger partial charge in [0.25, 0.3) is 0 Å². The van der Waals surface area contributed by atoms with E-state index >= 15 is 0 Å². The molecule has 108 valence electrons. The summed E-state index contributed by atoms with van der Waals surface area (Å²) in [5.74, 6) is 0. The Bertz CT molecular complexity index is 377. The van der Waals surface area contributed by atoms with Gasteiger partial charge in [0.15, 0.2) is 0 Å². The van der Waals surface area contributed by atoms with Crippen LogP contribution < -0.4 is 5.32 Å². The molecule has 0 aliphatic heterocycles. The summed E-state index contributed by atoms with van der Waals surface area (Å²) in [6.07, 6.45) is 3.23. The highest BCUT2D eigenvalue weighted by molar-refractivity contribution is 5.39. The van der Waals surface area contributed by atoms with Crippen molar-refractivity contribution in [3.05, 3.63) is 34.4 Å². The zero-order valence-electron chi connectivity index (χ0n) is 13.1. The second-order valence-electron chi connectivity index (χ2n) is 5.71. The summed E-state index contributed by atoms with van der Waals surface area (Å²) < 4.78 is 0. The lowest BCUT2D eigenvalue weighted by Gasteiger charge is -2.24. The average molecular weight is 263 g/mol. The van der Waals surface area contributed by atoms with Crippen LogP contribution in [-0.2, 0) is 0 Å². The standard InChI is InChI=1S/C17H29NO/c1-6-7-8-9-18-15(5)17(19)16-13(3)10-12(2)11-14(16)4/h10-11,15,17-19H,6-9H2,1-5H3. The van der Waals surface area contributed by atoms with Crippen LogP contribution >= 0.6 is 0 Å². The van der Waals surface area contributed by atoms with Crippen LogP contribution in [0.25, 0.3) is 0 Å². The molecule has 2 nitrogen and oxygen atoms in total. The first kappa shape index (κ1) is 16.2. The first-order valence-corrected chi connectivity index (χ1v) is 7.46. The average Bonchev–Trinajstić information content (AvgIpc) is 2.33. The van der Waals surface area contributed by atoms with E-state index in [2.05, 4.69) is 52.1 Å². The Morgan fingerprint density at radius 1 is 1.11 bits per heavy atom. The molecule has 2 N–H and O–H groups in total. The number of aryl methyl sites for hydroxylation is 3. The number of nitrogens with one attached hydrogen (secondary N) is 1. The number of aliphatic hydroxyl groups excluding tert-OH is 1. The Morgan fingerprint density at radius 2 is 1.68 bits per heavy atom. The van der Waals surface area contributed by atoms with Crippen molar-refractivity contribution in [1.29, 1.82) is 0 Å².